The summed E-state index contributed by atoms with van der Waals surface area (Å²) in [6.45, 7) is 2.95. The van der Waals surface area contributed by atoms with Gasteiger partial charge in [-0.2, -0.15) is 0 Å². The first-order valence-electron chi connectivity index (χ1n) is 7.54. The molecular formula is C16H25N3O. The minimum absolute atomic E-state index is 0.0656. The average Bonchev–Trinajstić information content (AvgIpc) is 2.48. The van der Waals surface area contributed by atoms with Gasteiger partial charge >= 0.3 is 0 Å². The highest BCUT2D eigenvalue weighted by Crippen LogP contribution is 2.33. The fraction of sp³-hybridized carbons (Fsp3) is 0.625. The maximum Gasteiger partial charge on any atom is 0.124 e. The molecule has 4 nitrogen and oxygen atoms in total. The predicted octanol–water partition coefficient (Wildman–Crippen LogP) is 1.47. The summed E-state index contributed by atoms with van der Waals surface area (Å²) < 4.78 is 5.90. The molecule has 0 aliphatic carbocycles. The summed E-state index contributed by atoms with van der Waals surface area (Å²) in [7, 11) is 4.35. The zero-order valence-electron chi connectivity index (χ0n) is 12.5. The van der Waals surface area contributed by atoms with Crippen LogP contribution in [0.2, 0.25) is 0 Å². The van der Waals surface area contributed by atoms with E-state index in [1.165, 1.54) is 12.8 Å². The van der Waals surface area contributed by atoms with Gasteiger partial charge in [-0.1, -0.05) is 18.2 Å². The van der Waals surface area contributed by atoms with Gasteiger partial charge < -0.3 is 15.4 Å². The maximum absolute atomic E-state index is 6.48. The Hall–Kier alpha value is -1.10. The van der Waals surface area contributed by atoms with Crippen molar-refractivity contribution in [2.24, 2.45) is 5.73 Å². The van der Waals surface area contributed by atoms with Gasteiger partial charge in [-0.15, -0.1) is 0 Å². The van der Waals surface area contributed by atoms with Gasteiger partial charge in [0, 0.05) is 24.7 Å². The van der Waals surface area contributed by atoms with Crippen molar-refractivity contribution in [2.45, 2.75) is 31.0 Å². The molecule has 1 fully saturated rings. The third-order valence-electron chi connectivity index (χ3n) is 4.80. The molecule has 20 heavy (non-hydrogen) atoms. The zero-order valence-corrected chi connectivity index (χ0v) is 12.5. The molecule has 0 aromatic heterocycles. The van der Waals surface area contributed by atoms with E-state index in [1.807, 2.05) is 18.2 Å². The number of fused-ring (bicyclic) bond motifs is 1. The van der Waals surface area contributed by atoms with Crippen LogP contribution < -0.4 is 10.5 Å². The molecule has 2 N–H and O–H groups in total. The molecule has 2 heterocycles. The number of hydrogen-bond acceptors (Lipinski definition) is 4. The smallest absolute Gasteiger partial charge is 0.124 e. The molecule has 0 bridgehead atoms. The van der Waals surface area contributed by atoms with E-state index in [4.69, 9.17) is 10.5 Å². The van der Waals surface area contributed by atoms with Crippen molar-refractivity contribution < 1.29 is 4.74 Å². The lowest BCUT2D eigenvalue weighted by atomic mass is 9.93. The van der Waals surface area contributed by atoms with Crippen LogP contribution in [0.4, 0.5) is 0 Å². The summed E-state index contributed by atoms with van der Waals surface area (Å²) in [5.74, 6) is 0.958. The van der Waals surface area contributed by atoms with Crippen LogP contribution in [0.15, 0.2) is 24.3 Å². The van der Waals surface area contributed by atoms with E-state index < -0.39 is 0 Å². The normalized spacial score (nSPS) is 28.2. The van der Waals surface area contributed by atoms with E-state index >= 15 is 0 Å². The minimum atomic E-state index is 0.0656. The first-order valence-corrected chi connectivity index (χ1v) is 7.54. The van der Waals surface area contributed by atoms with Gasteiger partial charge in [0.2, 0.25) is 0 Å². The topological polar surface area (TPSA) is 41.7 Å². The summed E-state index contributed by atoms with van der Waals surface area (Å²) >= 11 is 0. The molecule has 0 radical (unpaired) electrons. The molecule has 2 aliphatic heterocycles. The van der Waals surface area contributed by atoms with Gasteiger partial charge in [-0.05, 0) is 33.0 Å². The Morgan fingerprint density at radius 1 is 1.20 bits per heavy atom. The number of hydrogen-bond donors (Lipinski definition) is 1. The molecule has 0 saturated carbocycles. The van der Waals surface area contributed by atoms with Crippen LogP contribution in [-0.2, 0) is 0 Å². The third kappa shape index (κ3) is 2.55. The zero-order chi connectivity index (χ0) is 14.1. The van der Waals surface area contributed by atoms with Gasteiger partial charge in [-0.3, -0.25) is 4.90 Å². The second-order valence-corrected chi connectivity index (χ2v) is 6.17. The highest BCUT2D eigenvalue weighted by atomic mass is 16.5. The van der Waals surface area contributed by atoms with Crippen molar-refractivity contribution >= 4 is 0 Å². The second-order valence-electron chi connectivity index (χ2n) is 6.17. The van der Waals surface area contributed by atoms with Crippen LogP contribution in [0, 0.1) is 0 Å². The van der Waals surface area contributed by atoms with Crippen LogP contribution in [0.3, 0.4) is 0 Å². The first-order chi connectivity index (χ1) is 9.66. The first kappa shape index (κ1) is 13.9. The number of ether oxygens (including phenoxy) is 1. The van der Waals surface area contributed by atoms with Crippen LogP contribution in [0.1, 0.15) is 24.4 Å². The summed E-state index contributed by atoms with van der Waals surface area (Å²) in [5.41, 5.74) is 7.64. The number of para-hydroxylation sites is 1. The lowest BCUT2D eigenvalue weighted by Gasteiger charge is -2.43. The summed E-state index contributed by atoms with van der Waals surface area (Å²) in [5, 5.41) is 0. The van der Waals surface area contributed by atoms with E-state index in [-0.39, 0.29) is 6.04 Å². The average molecular weight is 275 g/mol. The molecule has 0 amide bonds. The maximum atomic E-state index is 6.48. The highest BCUT2D eigenvalue weighted by molar-refractivity contribution is 5.38. The summed E-state index contributed by atoms with van der Waals surface area (Å²) in [4.78, 5) is 4.85. The van der Waals surface area contributed by atoms with Gasteiger partial charge in [0.1, 0.15) is 12.4 Å². The summed E-state index contributed by atoms with van der Waals surface area (Å²) in [6, 6.07) is 9.25. The molecule has 1 saturated heterocycles. The van der Waals surface area contributed by atoms with Gasteiger partial charge in [-0.25, -0.2) is 0 Å². The molecular weight excluding hydrogens is 250 g/mol. The van der Waals surface area contributed by atoms with Gasteiger partial charge in [0.15, 0.2) is 0 Å². The third-order valence-corrected chi connectivity index (χ3v) is 4.80. The molecule has 2 atom stereocenters. The van der Waals surface area contributed by atoms with Crippen molar-refractivity contribution in [1.82, 2.24) is 9.80 Å². The van der Waals surface area contributed by atoms with E-state index in [0.717, 1.165) is 24.4 Å². The van der Waals surface area contributed by atoms with Gasteiger partial charge in [0.25, 0.3) is 0 Å². The Kier molecular flexibility index (Phi) is 3.96. The van der Waals surface area contributed by atoms with Gasteiger partial charge in [0.05, 0.1) is 12.1 Å². The number of benzene rings is 1. The Balaban J connectivity index is 1.68. The molecule has 2 aliphatic rings. The van der Waals surface area contributed by atoms with E-state index in [9.17, 15) is 0 Å². The summed E-state index contributed by atoms with van der Waals surface area (Å²) in [6.07, 6.45) is 2.44. The minimum Gasteiger partial charge on any atom is -0.492 e. The molecule has 110 valence electrons. The van der Waals surface area contributed by atoms with Crippen molar-refractivity contribution in [3.05, 3.63) is 29.8 Å². The van der Waals surface area contributed by atoms with Crippen LogP contribution in [0.25, 0.3) is 0 Å². The van der Waals surface area contributed by atoms with Crippen molar-refractivity contribution in [1.29, 1.82) is 0 Å². The number of rotatable bonds is 2. The lowest BCUT2D eigenvalue weighted by molar-refractivity contribution is 0.0576. The predicted molar refractivity (Wildman–Crippen MR) is 80.9 cm³/mol. The van der Waals surface area contributed by atoms with E-state index in [2.05, 4.69) is 30.0 Å². The molecule has 0 spiro atoms. The number of piperidine rings is 1. The Bertz CT molecular complexity index is 455. The van der Waals surface area contributed by atoms with E-state index in [0.29, 0.717) is 18.7 Å². The largest absolute Gasteiger partial charge is 0.492 e. The lowest BCUT2D eigenvalue weighted by Crippen LogP contribution is -2.53. The second kappa shape index (κ2) is 5.72. The van der Waals surface area contributed by atoms with Crippen molar-refractivity contribution in [3.63, 3.8) is 0 Å². The SMILES string of the molecule is CN(C)C1CCN(C2COc3ccccc3C2N)CC1. The van der Waals surface area contributed by atoms with Crippen molar-refractivity contribution in [2.75, 3.05) is 33.8 Å². The fourth-order valence-electron chi connectivity index (χ4n) is 3.44. The molecule has 2 unspecified atom stereocenters. The molecule has 3 rings (SSSR count). The number of nitrogens with two attached hydrogens (primary N) is 1. The van der Waals surface area contributed by atoms with Crippen LogP contribution in [0.5, 0.6) is 5.75 Å². The number of nitrogens with zero attached hydrogens (tertiary/aromatic N) is 2. The monoisotopic (exact) mass is 275 g/mol. The van der Waals surface area contributed by atoms with Crippen LogP contribution in [-0.4, -0.2) is 55.7 Å². The molecule has 1 aromatic carbocycles. The fourth-order valence-corrected chi connectivity index (χ4v) is 3.44. The van der Waals surface area contributed by atoms with Crippen molar-refractivity contribution in [3.8, 4) is 5.75 Å². The quantitative estimate of drug-likeness (QED) is 0.887. The Morgan fingerprint density at radius 2 is 1.90 bits per heavy atom. The highest BCUT2D eigenvalue weighted by Gasteiger charge is 2.34. The van der Waals surface area contributed by atoms with E-state index in [1.54, 1.807) is 0 Å². The number of likely N-dealkylation sites (tertiary alicyclic amines) is 1. The molecule has 4 heteroatoms. The Morgan fingerprint density at radius 3 is 2.60 bits per heavy atom. The Labute approximate surface area is 121 Å². The molecule has 1 aromatic rings. The van der Waals surface area contributed by atoms with Crippen LogP contribution >= 0.6 is 0 Å². The standard InChI is InChI=1S/C16H25N3O/c1-18(2)12-7-9-19(10-8-12)14-11-20-15-6-4-3-5-13(15)16(14)17/h3-6,12,14,16H,7-11,17H2,1-2H3.